The molecule has 1 atom stereocenters. The SMILES string of the molecule is [2H][13C]([2H])([2H])[N+](C)(CC)CCCCN=[N+]=[N-]. The third-order valence-corrected chi connectivity index (χ3v) is 1.92. The molecule has 0 spiro atoms. The molecule has 0 aliphatic rings. The summed E-state index contributed by atoms with van der Waals surface area (Å²) in [5.74, 6) is 0. The highest BCUT2D eigenvalue weighted by Gasteiger charge is 2.09. The molecule has 0 aliphatic carbocycles. The van der Waals surface area contributed by atoms with Crippen LogP contribution < -0.4 is 0 Å². The number of nitrogens with zero attached hydrogens (tertiary/aromatic N) is 4. The Morgan fingerprint density at radius 2 is 2.33 bits per heavy atom. The number of azide groups is 1. The maximum absolute atomic E-state index is 8.07. The molecular formula is C8H19N4+. The smallest absolute Gasteiger partial charge is 0.0886 e. The first kappa shape index (κ1) is 6.75. The lowest BCUT2D eigenvalue weighted by atomic mass is 10.3. The van der Waals surface area contributed by atoms with E-state index < -0.39 is 6.98 Å². The number of quaternary nitrogens is 1. The fraction of sp³-hybridized carbons (Fsp3) is 1.00. The van der Waals surface area contributed by atoms with Crippen molar-refractivity contribution in [3.63, 3.8) is 0 Å². The second kappa shape index (κ2) is 5.86. The van der Waals surface area contributed by atoms with E-state index in [1.807, 2.05) is 6.92 Å². The minimum absolute atomic E-state index is 0.0727. The second-order valence-electron chi connectivity index (χ2n) is 3.10. The molecule has 4 heteroatoms. The minimum atomic E-state index is -1.97. The van der Waals surface area contributed by atoms with Gasteiger partial charge in [0.25, 0.3) is 0 Å². The van der Waals surface area contributed by atoms with Crippen molar-refractivity contribution in [2.24, 2.45) is 5.11 Å². The van der Waals surface area contributed by atoms with Crippen molar-refractivity contribution in [2.75, 3.05) is 33.7 Å². The van der Waals surface area contributed by atoms with Crippen LogP contribution in [0.1, 0.15) is 23.9 Å². The van der Waals surface area contributed by atoms with E-state index in [2.05, 4.69) is 10.0 Å². The van der Waals surface area contributed by atoms with Crippen molar-refractivity contribution in [3.05, 3.63) is 10.4 Å². The van der Waals surface area contributed by atoms with Crippen LogP contribution in [0.2, 0.25) is 0 Å². The molecule has 4 nitrogen and oxygen atoms in total. The lowest BCUT2D eigenvalue weighted by Crippen LogP contribution is -2.39. The van der Waals surface area contributed by atoms with Crippen LogP contribution in [-0.2, 0) is 0 Å². The average Bonchev–Trinajstić information content (AvgIpc) is 2.15. The molecule has 0 radical (unpaired) electrons. The maximum Gasteiger partial charge on any atom is 0.0886 e. The highest BCUT2D eigenvalue weighted by Crippen LogP contribution is 2.00. The maximum atomic E-state index is 8.07. The Labute approximate surface area is 78.6 Å². The highest BCUT2D eigenvalue weighted by atomic mass is 15.4. The Hall–Kier alpha value is -0.730. The van der Waals surface area contributed by atoms with Gasteiger partial charge in [0.1, 0.15) is 0 Å². The van der Waals surface area contributed by atoms with E-state index in [4.69, 9.17) is 9.64 Å². The molecule has 1 unspecified atom stereocenters. The van der Waals surface area contributed by atoms with Gasteiger partial charge in [0.05, 0.1) is 31.2 Å². The third-order valence-electron chi connectivity index (χ3n) is 1.92. The summed E-state index contributed by atoms with van der Waals surface area (Å²) in [5, 5.41) is 3.41. The number of unbranched alkanes of at least 4 members (excludes halogenated alkanes) is 1. The number of rotatable bonds is 6. The summed E-state index contributed by atoms with van der Waals surface area (Å²) >= 11 is 0. The molecule has 0 aliphatic heterocycles. The predicted octanol–water partition coefficient (Wildman–Crippen LogP) is 2.17. The van der Waals surface area contributed by atoms with Gasteiger partial charge in [-0.05, 0) is 25.3 Å². The van der Waals surface area contributed by atoms with E-state index >= 15 is 0 Å². The van der Waals surface area contributed by atoms with Crippen molar-refractivity contribution in [1.29, 1.82) is 0 Å². The molecule has 0 saturated heterocycles. The zero-order valence-corrected chi connectivity index (χ0v) is 7.82. The van der Waals surface area contributed by atoms with Gasteiger partial charge >= 0.3 is 0 Å². The van der Waals surface area contributed by atoms with Crippen molar-refractivity contribution >= 4 is 0 Å². The van der Waals surface area contributed by atoms with Crippen LogP contribution >= 0.6 is 0 Å². The number of hydrogen-bond acceptors (Lipinski definition) is 1. The first-order chi connectivity index (χ1) is 6.87. The summed E-state index contributed by atoms with van der Waals surface area (Å²) < 4.78 is 22.4. The topological polar surface area (TPSA) is 48.8 Å². The van der Waals surface area contributed by atoms with Gasteiger partial charge in [-0.2, -0.15) is 0 Å². The lowest BCUT2D eigenvalue weighted by Gasteiger charge is -2.27. The molecule has 0 aromatic rings. The molecule has 0 heterocycles. The standard InChI is InChI=1S/C8H19N4/c1-4-12(2,3)8-6-5-7-10-11-9/h4-8H2,1-3H3/q+1/i2+1D3. The summed E-state index contributed by atoms with van der Waals surface area (Å²) in [6.07, 6.45) is 1.51. The van der Waals surface area contributed by atoms with Crippen LogP contribution in [0, 0.1) is 0 Å². The normalized spacial score (nSPS) is 19.7. The van der Waals surface area contributed by atoms with E-state index in [1.54, 1.807) is 7.05 Å². The van der Waals surface area contributed by atoms with Gasteiger partial charge in [0, 0.05) is 11.5 Å². The third kappa shape index (κ3) is 6.01. The molecule has 0 aromatic heterocycles. The Morgan fingerprint density at radius 1 is 1.58 bits per heavy atom. The van der Waals surface area contributed by atoms with E-state index in [-0.39, 0.29) is 4.48 Å². The van der Waals surface area contributed by atoms with Crippen LogP contribution in [0.25, 0.3) is 10.4 Å². The monoisotopic (exact) mass is 175 g/mol. The van der Waals surface area contributed by atoms with E-state index in [0.717, 1.165) is 12.8 Å². The Morgan fingerprint density at radius 3 is 2.83 bits per heavy atom. The molecule has 0 N–H and O–H groups in total. The first-order valence-electron chi connectivity index (χ1n) is 5.73. The van der Waals surface area contributed by atoms with Gasteiger partial charge in [0.15, 0.2) is 0 Å². The van der Waals surface area contributed by atoms with Crippen LogP contribution in [0.4, 0.5) is 0 Å². The van der Waals surface area contributed by atoms with Crippen molar-refractivity contribution < 1.29 is 8.60 Å². The van der Waals surface area contributed by atoms with Crippen molar-refractivity contribution in [2.45, 2.75) is 19.8 Å². The minimum Gasteiger partial charge on any atom is -0.329 e. The fourth-order valence-electron chi connectivity index (χ4n) is 0.846. The summed E-state index contributed by atoms with van der Waals surface area (Å²) in [5.41, 5.74) is 8.07. The molecule has 70 valence electrons. The van der Waals surface area contributed by atoms with Crippen molar-refractivity contribution in [1.82, 2.24) is 0 Å². The van der Waals surface area contributed by atoms with Crippen LogP contribution in [0.5, 0.6) is 0 Å². The lowest BCUT2D eigenvalue weighted by molar-refractivity contribution is -0.888. The second-order valence-corrected chi connectivity index (χ2v) is 3.10. The van der Waals surface area contributed by atoms with Crippen LogP contribution in [0.3, 0.4) is 0 Å². The molecule has 0 bridgehead atoms. The van der Waals surface area contributed by atoms with E-state index in [0.29, 0.717) is 19.6 Å². The van der Waals surface area contributed by atoms with E-state index in [9.17, 15) is 0 Å². The van der Waals surface area contributed by atoms with Crippen LogP contribution in [-0.4, -0.2) is 38.1 Å². The van der Waals surface area contributed by atoms with Gasteiger partial charge in [-0.25, -0.2) is 0 Å². The Balaban J connectivity index is 4.05. The van der Waals surface area contributed by atoms with E-state index in [1.165, 1.54) is 0 Å². The van der Waals surface area contributed by atoms with Gasteiger partial charge < -0.3 is 4.48 Å². The highest BCUT2D eigenvalue weighted by molar-refractivity contribution is 4.47. The molecule has 0 amide bonds. The zero-order chi connectivity index (χ0) is 11.9. The van der Waals surface area contributed by atoms with Crippen LogP contribution in [0.15, 0.2) is 5.11 Å². The number of hydrogen-bond donors (Lipinski definition) is 0. The average molecular weight is 175 g/mol. The molecule has 0 aromatic carbocycles. The quantitative estimate of drug-likeness (QED) is 0.148. The Bertz CT molecular complexity index is 235. The first-order valence-corrected chi connectivity index (χ1v) is 4.23. The summed E-state index contributed by atoms with van der Waals surface area (Å²) in [4.78, 5) is 2.65. The summed E-state index contributed by atoms with van der Waals surface area (Å²) in [7, 11) is 1.74. The molecular weight excluding hydrogens is 153 g/mol. The van der Waals surface area contributed by atoms with Gasteiger partial charge in [-0.1, -0.05) is 5.11 Å². The van der Waals surface area contributed by atoms with Gasteiger partial charge in [-0.3, -0.25) is 0 Å². The summed E-state index contributed by atoms with van der Waals surface area (Å²) in [6, 6.07) is 0. The zero-order valence-electron chi connectivity index (χ0n) is 10.8. The molecule has 0 rings (SSSR count). The van der Waals surface area contributed by atoms with Crippen molar-refractivity contribution in [3.8, 4) is 0 Å². The summed E-state index contributed by atoms with van der Waals surface area (Å²) in [6.45, 7) is 1.53. The largest absolute Gasteiger partial charge is 0.329 e. The molecule has 0 fully saturated rings. The van der Waals surface area contributed by atoms with Gasteiger partial charge in [-0.15, -0.1) is 0 Å². The predicted molar refractivity (Wildman–Crippen MR) is 50.8 cm³/mol. The Kier molecular flexibility index (Phi) is 3.30. The molecule has 0 saturated carbocycles. The fourth-order valence-corrected chi connectivity index (χ4v) is 0.846. The molecule has 12 heavy (non-hydrogen) atoms. The van der Waals surface area contributed by atoms with Gasteiger partial charge in [0.2, 0.25) is 0 Å².